The summed E-state index contributed by atoms with van der Waals surface area (Å²) in [6.07, 6.45) is 0.518. The summed E-state index contributed by atoms with van der Waals surface area (Å²) in [6, 6.07) is -0.189. The topological polar surface area (TPSA) is 80.0 Å². The van der Waals surface area contributed by atoms with Gasteiger partial charge in [0.15, 0.2) is 0 Å². The number of nitrogens with one attached hydrogen (secondary N) is 2. The molecule has 0 aromatic carbocycles. The Labute approximate surface area is 92.4 Å². The van der Waals surface area contributed by atoms with E-state index in [0.717, 1.165) is 0 Å². The standard InChI is InChI=1S/C8H13ClN4O2/c1-5(7(14)10-2)11-8-13-12-6(15-8)3-4-9/h5H,3-4H2,1-2H3,(H,10,14)(H,11,13). The van der Waals surface area contributed by atoms with Crippen LogP contribution < -0.4 is 10.6 Å². The molecule has 2 N–H and O–H groups in total. The normalized spacial score (nSPS) is 12.2. The SMILES string of the molecule is CNC(=O)C(C)Nc1nnc(CCCl)o1. The van der Waals surface area contributed by atoms with Gasteiger partial charge in [0, 0.05) is 19.3 Å². The Morgan fingerprint density at radius 1 is 1.60 bits per heavy atom. The van der Waals surface area contributed by atoms with Crippen LogP contribution in [-0.4, -0.2) is 35.1 Å². The highest BCUT2D eigenvalue weighted by Gasteiger charge is 2.13. The lowest BCUT2D eigenvalue weighted by atomic mass is 10.3. The molecule has 6 nitrogen and oxygen atoms in total. The van der Waals surface area contributed by atoms with Gasteiger partial charge in [0.05, 0.1) is 0 Å². The minimum absolute atomic E-state index is 0.146. The first kappa shape index (κ1) is 11.8. The van der Waals surface area contributed by atoms with Gasteiger partial charge in [-0.25, -0.2) is 0 Å². The van der Waals surface area contributed by atoms with Crippen LogP contribution in [0.4, 0.5) is 6.01 Å². The second-order valence-corrected chi connectivity index (χ2v) is 3.30. The van der Waals surface area contributed by atoms with Crippen molar-refractivity contribution in [1.29, 1.82) is 0 Å². The van der Waals surface area contributed by atoms with Crippen molar-refractivity contribution in [2.45, 2.75) is 19.4 Å². The summed E-state index contributed by atoms with van der Waals surface area (Å²) in [5.41, 5.74) is 0. The predicted octanol–water partition coefficient (Wildman–Crippen LogP) is 0.397. The number of alkyl halides is 1. The highest BCUT2D eigenvalue weighted by molar-refractivity contribution is 6.17. The van der Waals surface area contributed by atoms with Crippen molar-refractivity contribution in [3.8, 4) is 0 Å². The van der Waals surface area contributed by atoms with Crippen LogP contribution in [0.3, 0.4) is 0 Å². The van der Waals surface area contributed by atoms with Crippen molar-refractivity contribution in [3.63, 3.8) is 0 Å². The number of anilines is 1. The maximum absolute atomic E-state index is 11.2. The van der Waals surface area contributed by atoms with Crippen molar-refractivity contribution in [3.05, 3.63) is 5.89 Å². The van der Waals surface area contributed by atoms with Gasteiger partial charge in [0.25, 0.3) is 0 Å². The van der Waals surface area contributed by atoms with Gasteiger partial charge in [-0.3, -0.25) is 4.79 Å². The summed E-state index contributed by atoms with van der Waals surface area (Å²) >= 11 is 5.51. The number of nitrogens with zero attached hydrogens (tertiary/aromatic N) is 2. The number of halogens is 1. The zero-order valence-corrected chi connectivity index (χ0v) is 9.34. The van der Waals surface area contributed by atoms with E-state index in [2.05, 4.69) is 20.8 Å². The molecule has 0 saturated heterocycles. The lowest BCUT2D eigenvalue weighted by Crippen LogP contribution is -2.35. The second kappa shape index (κ2) is 5.55. The van der Waals surface area contributed by atoms with E-state index in [0.29, 0.717) is 18.2 Å². The number of hydrogen-bond acceptors (Lipinski definition) is 5. The van der Waals surface area contributed by atoms with Crippen LogP contribution in [0.2, 0.25) is 0 Å². The summed E-state index contributed by atoms with van der Waals surface area (Å²) in [6.45, 7) is 1.70. The molecule has 1 aromatic heterocycles. The molecule has 0 spiro atoms. The molecular weight excluding hydrogens is 220 g/mol. The fraction of sp³-hybridized carbons (Fsp3) is 0.625. The maximum Gasteiger partial charge on any atom is 0.316 e. The molecule has 15 heavy (non-hydrogen) atoms. The van der Waals surface area contributed by atoms with Gasteiger partial charge >= 0.3 is 6.01 Å². The molecule has 1 rings (SSSR count). The van der Waals surface area contributed by atoms with E-state index in [-0.39, 0.29) is 11.9 Å². The predicted molar refractivity (Wildman–Crippen MR) is 55.9 cm³/mol. The summed E-state index contributed by atoms with van der Waals surface area (Å²) in [5.74, 6) is 0.732. The average molecular weight is 233 g/mol. The van der Waals surface area contributed by atoms with Crippen LogP contribution in [0.15, 0.2) is 4.42 Å². The van der Waals surface area contributed by atoms with Crippen molar-refractivity contribution < 1.29 is 9.21 Å². The molecule has 0 bridgehead atoms. The van der Waals surface area contributed by atoms with E-state index in [9.17, 15) is 4.79 Å². The summed E-state index contributed by atoms with van der Waals surface area (Å²) in [5, 5.41) is 12.8. The Balaban J connectivity index is 2.53. The third-order valence-electron chi connectivity index (χ3n) is 1.75. The smallest absolute Gasteiger partial charge is 0.316 e. The first-order chi connectivity index (χ1) is 7.17. The molecule has 0 fully saturated rings. The van der Waals surface area contributed by atoms with E-state index in [1.54, 1.807) is 14.0 Å². The number of likely N-dealkylation sites (N-methyl/N-ethyl adjacent to an activating group) is 1. The average Bonchev–Trinajstić information content (AvgIpc) is 2.65. The molecule has 7 heteroatoms. The number of rotatable bonds is 5. The van der Waals surface area contributed by atoms with E-state index < -0.39 is 6.04 Å². The van der Waals surface area contributed by atoms with Crippen LogP contribution in [0, 0.1) is 0 Å². The molecule has 0 aliphatic rings. The highest BCUT2D eigenvalue weighted by Crippen LogP contribution is 2.07. The first-order valence-corrected chi connectivity index (χ1v) is 5.07. The van der Waals surface area contributed by atoms with Gasteiger partial charge in [0.2, 0.25) is 11.8 Å². The van der Waals surface area contributed by atoms with Crippen LogP contribution in [-0.2, 0) is 11.2 Å². The van der Waals surface area contributed by atoms with Gasteiger partial charge in [-0.2, -0.15) is 0 Å². The molecule has 1 atom stereocenters. The van der Waals surface area contributed by atoms with E-state index in [4.69, 9.17) is 16.0 Å². The lowest BCUT2D eigenvalue weighted by Gasteiger charge is -2.08. The van der Waals surface area contributed by atoms with Crippen molar-refractivity contribution in [2.24, 2.45) is 0 Å². The second-order valence-electron chi connectivity index (χ2n) is 2.92. The minimum atomic E-state index is -0.417. The van der Waals surface area contributed by atoms with Gasteiger partial charge in [-0.15, -0.1) is 16.7 Å². The van der Waals surface area contributed by atoms with Crippen molar-refractivity contribution in [2.75, 3.05) is 18.2 Å². The monoisotopic (exact) mass is 232 g/mol. The highest BCUT2D eigenvalue weighted by atomic mass is 35.5. The third kappa shape index (κ3) is 3.39. The number of aryl methyl sites for hydroxylation is 1. The van der Waals surface area contributed by atoms with Crippen molar-refractivity contribution in [1.82, 2.24) is 15.5 Å². The largest absolute Gasteiger partial charge is 0.408 e. The fourth-order valence-electron chi connectivity index (χ4n) is 0.961. The molecule has 1 unspecified atom stereocenters. The van der Waals surface area contributed by atoms with Gasteiger partial charge in [0.1, 0.15) is 6.04 Å². The van der Waals surface area contributed by atoms with Crippen molar-refractivity contribution >= 4 is 23.5 Å². The molecule has 1 amide bonds. The van der Waals surface area contributed by atoms with E-state index in [1.807, 2.05) is 0 Å². The van der Waals surface area contributed by atoms with Crippen LogP contribution >= 0.6 is 11.6 Å². The molecular formula is C8H13ClN4O2. The van der Waals surface area contributed by atoms with E-state index >= 15 is 0 Å². The van der Waals surface area contributed by atoms with Gasteiger partial charge in [-0.1, -0.05) is 5.10 Å². The fourth-order valence-corrected chi connectivity index (χ4v) is 1.12. The Hall–Kier alpha value is -1.30. The zero-order valence-electron chi connectivity index (χ0n) is 8.58. The number of carbonyl (C=O) groups excluding carboxylic acids is 1. The number of hydrogen-bond donors (Lipinski definition) is 2. The Morgan fingerprint density at radius 2 is 2.33 bits per heavy atom. The Morgan fingerprint density at radius 3 is 2.93 bits per heavy atom. The van der Waals surface area contributed by atoms with Crippen LogP contribution in [0.25, 0.3) is 0 Å². The molecule has 0 aliphatic carbocycles. The summed E-state index contributed by atoms with van der Waals surface area (Å²) in [4.78, 5) is 11.2. The number of aromatic nitrogens is 2. The quantitative estimate of drug-likeness (QED) is 0.719. The summed E-state index contributed by atoms with van der Waals surface area (Å²) in [7, 11) is 1.56. The van der Waals surface area contributed by atoms with Gasteiger partial charge in [-0.05, 0) is 6.92 Å². The lowest BCUT2D eigenvalue weighted by molar-refractivity contribution is -0.121. The maximum atomic E-state index is 11.2. The number of amides is 1. The molecule has 0 radical (unpaired) electrons. The Kier molecular flexibility index (Phi) is 4.36. The molecule has 84 valence electrons. The summed E-state index contributed by atoms with van der Waals surface area (Å²) < 4.78 is 5.19. The molecule has 1 heterocycles. The van der Waals surface area contributed by atoms with Crippen LogP contribution in [0.1, 0.15) is 12.8 Å². The Bertz CT molecular complexity index is 328. The molecule has 0 aliphatic heterocycles. The minimum Gasteiger partial charge on any atom is -0.408 e. The molecule has 1 aromatic rings. The first-order valence-electron chi connectivity index (χ1n) is 4.54. The van der Waals surface area contributed by atoms with E-state index in [1.165, 1.54) is 0 Å². The third-order valence-corrected chi connectivity index (χ3v) is 1.94. The molecule has 0 saturated carbocycles. The number of carbonyl (C=O) groups is 1. The van der Waals surface area contributed by atoms with Crippen LogP contribution in [0.5, 0.6) is 0 Å². The zero-order chi connectivity index (χ0) is 11.3. The van der Waals surface area contributed by atoms with Gasteiger partial charge < -0.3 is 15.1 Å².